The molecule has 0 amide bonds. The van der Waals surface area contributed by atoms with Crippen LogP contribution in [0.1, 0.15) is 25.7 Å². The summed E-state index contributed by atoms with van der Waals surface area (Å²) in [6.07, 6.45) is 1.97. The summed E-state index contributed by atoms with van der Waals surface area (Å²) in [7, 11) is 1.62. The quantitative estimate of drug-likeness (QED) is 0.671. The number of hydrogen-bond acceptors (Lipinski definition) is 1. The van der Waals surface area contributed by atoms with Gasteiger partial charge in [0.05, 0.1) is 6.04 Å². The molecule has 0 aromatic rings. The Morgan fingerprint density at radius 3 is 2.18 bits per heavy atom. The molecule has 3 heteroatoms. The fourth-order valence-electron chi connectivity index (χ4n) is 1.88. The van der Waals surface area contributed by atoms with Crippen LogP contribution >= 0.6 is 0 Å². The number of alkyl halides is 2. The van der Waals surface area contributed by atoms with Crippen molar-refractivity contribution in [1.82, 2.24) is 5.32 Å². The predicted molar refractivity (Wildman–Crippen MR) is 40.8 cm³/mol. The molecule has 1 nitrogen and oxygen atoms in total. The van der Waals surface area contributed by atoms with Gasteiger partial charge in [-0.15, -0.1) is 0 Å². The second-order valence-electron chi connectivity index (χ2n) is 3.19. The van der Waals surface area contributed by atoms with E-state index in [1.165, 1.54) is 0 Å². The molecular weight excluding hydrogens is 148 g/mol. The minimum atomic E-state index is -2.21. The SMILES string of the molecule is CNC(C(F)F)C1CCCC1. The molecule has 11 heavy (non-hydrogen) atoms. The molecule has 0 radical (unpaired) electrons. The second kappa shape index (κ2) is 4.00. The fraction of sp³-hybridized carbons (Fsp3) is 1.00. The lowest BCUT2D eigenvalue weighted by Gasteiger charge is -2.21. The molecule has 0 spiro atoms. The third kappa shape index (κ3) is 2.12. The van der Waals surface area contributed by atoms with Gasteiger partial charge in [-0.25, -0.2) is 8.78 Å². The van der Waals surface area contributed by atoms with Gasteiger partial charge in [-0.2, -0.15) is 0 Å². The Kier molecular flexibility index (Phi) is 3.24. The van der Waals surface area contributed by atoms with Crippen LogP contribution in [0.15, 0.2) is 0 Å². The monoisotopic (exact) mass is 163 g/mol. The minimum absolute atomic E-state index is 0.208. The van der Waals surface area contributed by atoms with Gasteiger partial charge in [0.25, 0.3) is 6.43 Å². The highest BCUT2D eigenvalue weighted by atomic mass is 19.3. The Balaban J connectivity index is 2.40. The standard InChI is InChI=1S/C8H15F2N/c1-11-7(8(9)10)6-4-2-3-5-6/h6-8,11H,2-5H2,1H3. The normalized spacial score (nSPS) is 22.9. The van der Waals surface area contributed by atoms with Gasteiger partial charge in [-0.3, -0.25) is 0 Å². The first-order valence-corrected chi connectivity index (χ1v) is 4.21. The molecule has 1 aliphatic rings. The Morgan fingerprint density at radius 1 is 1.27 bits per heavy atom. The maximum absolute atomic E-state index is 12.3. The molecule has 0 aromatic heterocycles. The summed E-state index contributed by atoms with van der Waals surface area (Å²) in [4.78, 5) is 0. The van der Waals surface area contributed by atoms with Crippen LogP contribution in [0.2, 0.25) is 0 Å². The molecule has 1 atom stereocenters. The highest BCUT2D eigenvalue weighted by Gasteiger charge is 2.30. The molecule has 1 rings (SSSR count). The van der Waals surface area contributed by atoms with Gasteiger partial charge in [0.1, 0.15) is 0 Å². The van der Waals surface area contributed by atoms with E-state index in [2.05, 4.69) is 5.32 Å². The van der Waals surface area contributed by atoms with Crippen LogP contribution in [0, 0.1) is 5.92 Å². The van der Waals surface area contributed by atoms with E-state index in [-0.39, 0.29) is 5.92 Å². The maximum atomic E-state index is 12.3. The first-order valence-electron chi connectivity index (χ1n) is 4.21. The Morgan fingerprint density at radius 2 is 1.82 bits per heavy atom. The minimum Gasteiger partial charge on any atom is -0.312 e. The molecule has 0 bridgehead atoms. The van der Waals surface area contributed by atoms with E-state index in [9.17, 15) is 8.78 Å². The third-order valence-corrected chi connectivity index (χ3v) is 2.51. The number of halogens is 2. The van der Waals surface area contributed by atoms with Crippen LogP contribution in [-0.2, 0) is 0 Å². The maximum Gasteiger partial charge on any atom is 0.253 e. The second-order valence-corrected chi connectivity index (χ2v) is 3.19. The average Bonchev–Trinajstić information content (AvgIpc) is 2.40. The molecule has 0 aliphatic heterocycles. The Bertz CT molecular complexity index is 111. The van der Waals surface area contributed by atoms with Crippen LogP contribution in [0.4, 0.5) is 8.78 Å². The van der Waals surface area contributed by atoms with Gasteiger partial charge in [0.15, 0.2) is 0 Å². The average molecular weight is 163 g/mol. The number of hydrogen-bond donors (Lipinski definition) is 1. The van der Waals surface area contributed by atoms with Crippen LogP contribution in [0.5, 0.6) is 0 Å². The van der Waals surface area contributed by atoms with Gasteiger partial charge in [-0.1, -0.05) is 12.8 Å². The lowest BCUT2D eigenvalue weighted by atomic mass is 9.99. The van der Waals surface area contributed by atoms with Gasteiger partial charge in [0.2, 0.25) is 0 Å². The van der Waals surface area contributed by atoms with E-state index < -0.39 is 12.5 Å². The van der Waals surface area contributed by atoms with Gasteiger partial charge >= 0.3 is 0 Å². The van der Waals surface area contributed by atoms with Gasteiger partial charge in [0, 0.05) is 0 Å². The molecule has 66 valence electrons. The molecule has 1 unspecified atom stereocenters. The van der Waals surface area contributed by atoms with Crippen LogP contribution in [0.3, 0.4) is 0 Å². The topological polar surface area (TPSA) is 12.0 Å². The summed E-state index contributed by atoms with van der Waals surface area (Å²) in [6.45, 7) is 0. The zero-order valence-electron chi connectivity index (χ0n) is 6.82. The zero-order chi connectivity index (χ0) is 8.27. The summed E-state index contributed by atoms with van der Waals surface area (Å²) in [5, 5.41) is 2.69. The third-order valence-electron chi connectivity index (χ3n) is 2.51. The highest BCUT2D eigenvalue weighted by Crippen LogP contribution is 2.29. The Hall–Kier alpha value is -0.180. The lowest BCUT2D eigenvalue weighted by Crippen LogP contribution is -2.38. The van der Waals surface area contributed by atoms with Crippen LogP contribution in [0.25, 0.3) is 0 Å². The summed E-state index contributed by atoms with van der Waals surface area (Å²) < 4.78 is 24.6. The molecule has 1 N–H and O–H groups in total. The van der Waals surface area contributed by atoms with Crippen molar-refractivity contribution in [2.75, 3.05) is 7.05 Å². The molecule has 1 aliphatic carbocycles. The number of nitrogens with one attached hydrogen (secondary N) is 1. The first kappa shape index (κ1) is 8.91. The molecule has 1 saturated carbocycles. The van der Waals surface area contributed by atoms with Crippen molar-refractivity contribution in [3.05, 3.63) is 0 Å². The fourth-order valence-corrected chi connectivity index (χ4v) is 1.88. The molecule has 0 aromatic carbocycles. The Labute approximate surface area is 66.2 Å². The largest absolute Gasteiger partial charge is 0.312 e. The summed E-state index contributed by atoms with van der Waals surface area (Å²) in [5.41, 5.74) is 0. The number of rotatable bonds is 3. The van der Waals surface area contributed by atoms with Crippen molar-refractivity contribution in [2.45, 2.75) is 38.2 Å². The van der Waals surface area contributed by atoms with Crippen LogP contribution in [-0.4, -0.2) is 19.5 Å². The molecule has 0 saturated heterocycles. The summed E-state index contributed by atoms with van der Waals surface area (Å²) in [6, 6.07) is -0.572. The molecular formula is C8H15F2N. The highest BCUT2D eigenvalue weighted by molar-refractivity contribution is 4.81. The van der Waals surface area contributed by atoms with Gasteiger partial charge < -0.3 is 5.32 Å². The van der Waals surface area contributed by atoms with Crippen molar-refractivity contribution >= 4 is 0 Å². The lowest BCUT2D eigenvalue weighted by molar-refractivity contribution is 0.0741. The van der Waals surface area contributed by atoms with Crippen molar-refractivity contribution in [2.24, 2.45) is 5.92 Å². The zero-order valence-corrected chi connectivity index (χ0v) is 6.82. The van der Waals surface area contributed by atoms with Crippen LogP contribution < -0.4 is 5.32 Å². The van der Waals surface area contributed by atoms with E-state index in [4.69, 9.17) is 0 Å². The van der Waals surface area contributed by atoms with E-state index in [1.807, 2.05) is 0 Å². The van der Waals surface area contributed by atoms with Crippen molar-refractivity contribution in [1.29, 1.82) is 0 Å². The summed E-state index contributed by atoms with van der Waals surface area (Å²) >= 11 is 0. The molecule has 0 heterocycles. The van der Waals surface area contributed by atoms with Crippen molar-refractivity contribution in [3.63, 3.8) is 0 Å². The van der Waals surface area contributed by atoms with E-state index in [0.717, 1.165) is 25.7 Å². The molecule has 1 fully saturated rings. The van der Waals surface area contributed by atoms with Gasteiger partial charge in [-0.05, 0) is 25.8 Å². The summed E-state index contributed by atoms with van der Waals surface area (Å²) in [5.74, 6) is 0.208. The van der Waals surface area contributed by atoms with E-state index in [1.54, 1.807) is 7.05 Å². The van der Waals surface area contributed by atoms with Crippen molar-refractivity contribution in [3.8, 4) is 0 Å². The predicted octanol–water partition coefficient (Wildman–Crippen LogP) is 2.03. The smallest absolute Gasteiger partial charge is 0.253 e. The first-order chi connectivity index (χ1) is 5.25. The van der Waals surface area contributed by atoms with E-state index >= 15 is 0 Å². The van der Waals surface area contributed by atoms with E-state index in [0.29, 0.717) is 0 Å². The van der Waals surface area contributed by atoms with Crippen molar-refractivity contribution < 1.29 is 8.78 Å².